The van der Waals surface area contributed by atoms with Crippen molar-refractivity contribution in [1.82, 2.24) is 9.97 Å². The van der Waals surface area contributed by atoms with E-state index in [1.54, 1.807) is 11.3 Å². The first kappa shape index (κ1) is 10.7. The summed E-state index contributed by atoms with van der Waals surface area (Å²) in [6, 6.07) is 4.00. The number of nitrogens with zero attached hydrogens (tertiary/aromatic N) is 2. The molecule has 0 aliphatic rings. The van der Waals surface area contributed by atoms with Gasteiger partial charge in [0.2, 0.25) is 0 Å². The number of nitrogens with two attached hydrogens (primary N) is 1. The van der Waals surface area contributed by atoms with Crippen molar-refractivity contribution in [2.75, 3.05) is 6.54 Å². The van der Waals surface area contributed by atoms with E-state index in [4.69, 9.17) is 5.73 Å². The Hall–Kier alpha value is -0.780. The van der Waals surface area contributed by atoms with Crippen molar-refractivity contribution in [1.29, 1.82) is 0 Å². The lowest BCUT2D eigenvalue weighted by atomic mass is 10.2. The van der Waals surface area contributed by atoms with Crippen molar-refractivity contribution >= 4 is 27.3 Å². The third kappa shape index (κ3) is 2.62. The van der Waals surface area contributed by atoms with Crippen molar-refractivity contribution in [3.8, 4) is 10.7 Å². The van der Waals surface area contributed by atoms with Crippen LogP contribution in [0.3, 0.4) is 0 Å². The minimum Gasteiger partial charge on any atom is -0.330 e. The summed E-state index contributed by atoms with van der Waals surface area (Å²) in [4.78, 5) is 9.68. The molecule has 0 saturated carbocycles. The molecule has 0 saturated heterocycles. The molecule has 0 aliphatic heterocycles. The molecule has 0 atom stereocenters. The van der Waals surface area contributed by atoms with Gasteiger partial charge < -0.3 is 5.73 Å². The fourth-order valence-electron chi connectivity index (χ4n) is 1.21. The molecule has 0 amide bonds. The van der Waals surface area contributed by atoms with Crippen molar-refractivity contribution < 1.29 is 0 Å². The fourth-order valence-corrected chi connectivity index (χ4v) is 2.55. The first-order valence-corrected chi connectivity index (χ1v) is 6.17. The maximum absolute atomic E-state index is 5.45. The van der Waals surface area contributed by atoms with Gasteiger partial charge in [-0.2, -0.15) is 0 Å². The van der Waals surface area contributed by atoms with Crippen LogP contribution in [0.25, 0.3) is 10.7 Å². The van der Waals surface area contributed by atoms with Crippen LogP contribution >= 0.6 is 27.3 Å². The van der Waals surface area contributed by atoms with Gasteiger partial charge in [-0.15, -0.1) is 11.3 Å². The Labute approximate surface area is 101 Å². The van der Waals surface area contributed by atoms with Gasteiger partial charge >= 0.3 is 0 Å². The van der Waals surface area contributed by atoms with Crippen LogP contribution in [0, 0.1) is 0 Å². The Morgan fingerprint density at radius 1 is 1.27 bits per heavy atom. The summed E-state index contributed by atoms with van der Waals surface area (Å²) in [6.07, 6.45) is 4.50. The van der Waals surface area contributed by atoms with Gasteiger partial charge in [-0.05, 0) is 46.6 Å². The van der Waals surface area contributed by atoms with Gasteiger partial charge in [0.1, 0.15) is 0 Å². The summed E-state index contributed by atoms with van der Waals surface area (Å²) >= 11 is 5.04. The van der Waals surface area contributed by atoms with Gasteiger partial charge in [0.15, 0.2) is 5.82 Å². The Morgan fingerprint density at radius 2 is 2.00 bits per heavy atom. The molecule has 2 rings (SSSR count). The van der Waals surface area contributed by atoms with E-state index in [9.17, 15) is 0 Å². The summed E-state index contributed by atoms with van der Waals surface area (Å²) in [6.45, 7) is 0.632. The van der Waals surface area contributed by atoms with Crippen LogP contribution < -0.4 is 5.73 Å². The average Bonchev–Trinajstić information content (AvgIpc) is 2.67. The summed E-state index contributed by atoms with van der Waals surface area (Å²) in [5, 5.41) is 0. The van der Waals surface area contributed by atoms with Gasteiger partial charge in [0.05, 0.1) is 8.66 Å². The van der Waals surface area contributed by atoms with E-state index in [-0.39, 0.29) is 0 Å². The van der Waals surface area contributed by atoms with Crippen LogP contribution in [0.2, 0.25) is 0 Å². The average molecular weight is 284 g/mol. The second-order valence-corrected chi connectivity index (χ2v) is 5.52. The van der Waals surface area contributed by atoms with Gasteiger partial charge in [0.25, 0.3) is 0 Å². The maximum Gasteiger partial charge on any atom is 0.169 e. The summed E-state index contributed by atoms with van der Waals surface area (Å²) in [5.41, 5.74) is 6.53. The maximum atomic E-state index is 5.45. The molecule has 0 aromatic carbocycles. The molecule has 0 bridgehead atoms. The summed E-state index contributed by atoms with van der Waals surface area (Å²) in [5.74, 6) is 0.770. The number of thiophene rings is 1. The number of halogens is 1. The van der Waals surface area contributed by atoms with Crippen LogP contribution in [-0.2, 0) is 6.42 Å². The van der Waals surface area contributed by atoms with E-state index in [0.29, 0.717) is 6.54 Å². The molecule has 0 fully saturated rings. The third-order valence-corrected chi connectivity index (χ3v) is 3.55. The molecule has 0 unspecified atom stereocenters. The topological polar surface area (TPSA) is 51.8 Å². The lowest BCUT2D eigenvalue weighted by molar-refractivity contribution is 0.944. The van der Waals surface area contributed by atoms with E-state index in [1.807, 2.05) is 24.5 Å². The van der Waals surface area contributed by atoms with Crippen molar-refractivity contribution in [2.45, 2.75) is 6.42 Å². The smallest absolute Gasteiger partial charge is 0.169 e. The van der Waals surface area contributed by atoms with Crippen LogP contribution in [0.4, 0.5) is 0 Å². The predicted molar refractivity (Wildman–Crippen MR) is 65.8 cm³/mol. The second kappa shape index (κ2) is 4.83. The van der Waals surface area contributed by atoms with Gasteiger partial charge in [-0.25, -0.2) is 9.97 Å². The first-order valence-electron chi connectivity index (χ1n) is 4.56. The number of aromatic nitrogens is 2. The third-order valence-electron chi connectivity index (χ3n) is 1.93. The van der Waals surface area contributed by atoms with Gasteiger partial charge in [0, 0.05) is 12.4 Å². The molecule has 0 radical (unpaired) electrons. The summed E-state index contributed by atoms with van der Waals surface area (Å²) < 4.78 is 1.09. The Bertz CT molecular complexity index is 438. The van der Waals surface area contributed by atoms with Crippen LogP contribution in [0.5, 0.6) is 0 Å². The highest BCUT2D eigenvalue weighted by atomic mass is 79.9. The SMILES string of the molecule is NCCc1cnc(-c2ccc(Br)s2)nc1. The zero-order valence-corrected chi connectivity index (χ0v) is 10.4. The zero-order valence-electron chi connectivity index (χ0n) is 7.98. The van der Waals surface area contributed by atoms with E-state index in [2.05, 4.69) is 25.9 Å². The molecule has 2 heterocycles. The monoisotopic (exact) mass is 283 g/mol. The van der Waals surface area contributed by atoms with Crippen LogP contribution in [-0.4, -0.2) is 16.5 Å². The highest BCUT2D eigenvalue weighted by Crippen LogP contribution is 2.28. The van der Waals surface area contributed by atoms with Crippen LogP contribution in [0.1, 0.15) is 5.56 Å². The zero-order chi connectivity index (χ0) is 10.7. The van der Waals surface area contributed by atoms with Gasteiger partial charge in [-0.3, -0.25) is 0 Å². The number of hydrogen-bond acceptors (Lipinski definition) is 4. The molecule has 2 aromatic heterocycles. The number of hydrogen-bond donors (Lipinski definition) is 1. The molecule has 15 heavy (non-hydrogen) atoms. The summed E-state index contributed by atoms with van der Waals surface area (Å²) in [7, 11) is 0. The van der Waals surface area contributed by atoms with E-state index >= 15 is 0 Å². The van der Waals surface area contributed by atoms with E-state index < -0.39 is 0 Å². The largest absolute Gasteiger partial charge is 0.330 e. The predicted octanol–water partition coefficient (Wildman–Crippen LogP) is 2.47. The van der Waals surface area contributed by atoms with Gasteiger partial charge in [-0.1, -0.05) is 0 Å². The minimum atomic E-state index is 0.632. The second-order valence-electron chi connectivity index (χ2n) is 3.06. The normalized spacial score (nSPS) is 10.5. The molecule has 2 aromatic rings. The Morgan fingerprint density at radius 3 is 2.53 bits per heavy atom. The molecular formula is C10H10BrN3S. The van der Waals surface area contributed by atoms with E-state index in [0.717, 1.165) is 26.5 Å². The lowest BCUT2D eigenvalue weighted by Crippen LogP contribution is -2.03. The molecule has 78 valence electrons. The Kier molecular flexibility index (Phi) is 3.45. The van der Waals surface area contributed by atoms with Crippen LogP contribution in [0.15, 0.2) is 28.3 Å². The Balaban J connectivity index is 2.23. The molecule has 2 N–H and O–H groups in total. The molecule has 0 aliphatic carbocycles. The first-order chi connectivity index (χ1) is 7.29. The fraction of sp³-hybridized carbons (Fsp3) is 0.200. The van der Waals surface area contributed by atoms with E-state index in [1.165, 1.54) is 0 Å². The molecular weight excluding hydrogens is 274 g/mol. The lowest BCUT2D eigenvalue weighted by Gasteiger charge is -1.98. The highest BCUT2D eigenvalue weighted by Gasteiger charge is 2.03. The number of rotatable bonds is 3. The van der Waals surface area contributed by atoms with Crippen molar-refractivity contribution in [3.05, 3.63) is 33.9 Å². The molecule has 5 heteroatoms. The molecule has 3 nitrogen and oxygen atoms in total. The molecule has 0 spiro atoms. The quantitative estimate of drug-likeness (QED) is 0.942. The standard InChI is InChI=1S/C10H10BrN3S/c11-9-2-1-8(15-9)10-13-5-7(3-4-12)6-14-10/h1-2,5-6H,3-4,12H2. The van der Waals surface area contributed by atoms with Crippen molar-refractivity contribution in [2.24, 2.45) is 5.73 Å². The minimum absolute atomic E-state index is 0.632. The highest BCUT2D eigenvalue weighted by molar-refractivity contribution is 9.11. The van der Waals surface area contributed by atoms with Crippen molar-refractivity contribution in [3.63, 3.8) is 0 Å².